The number of anilines is 1. The van der Waals surface area contributed by atoms with Crippen molar-refractivity contribution in [3.05, 3.63) is 83.0 Å². The Balaban J connectivity index is 1.79. The second-order valence-corrected chi connectivity index (χ2v) is 7.70. The minimum absolute atomic E-state index is 0.0241. The number of rotatable bonds is 5. The van der Waals surface area contributed by atoms with Gasteiger partial charge in [-0.1, -0.05) is 42.5 Å². The van der Waals surface area contributed by atoms with Gasteiger partial charge in [0, 0.05) is 23.5 Å². The van der Waals surface area contributed by atoms with Crippen molar-refractivity contribution in [2.75, 3.05) is 5.32 Å². The third-order valence-corrected chi connectivity index (χ3v) is 5.06. The minimum atomic E-state index is -0.198. The van der Waals surface area contributed by atoms with E-state index in [0.717, 1.165) is 22.4 Å². The first-order valence-electron chi connectivity index (χ1n) is 9.96. The van der Waals surface area contributed by atoms with Crippen LogP contribution in [0.1, 0.15) is 25.5 Å². The molecule has 0 saturated carbocycles. The largest absolute Gasteiger partial charge is 0.332 e. The van der Waals surface area contributed by atoms with Crippen LogP contribution in [0.2, 0.25) is 0 Å². The topological polar surface area (TPSA) is 68.9 Å². The normalized spacial score (nSPS) is 11.2. The number of amides is 1. The van der Waals surface area contributed by atoms with Gasteiger partial charge in [-0.25, -0.2) is 4.98 Å². The third-order valence-electron chi connectivity index (χ3n) is 5.06. The van der Waals surface area contributed by atoms with E-state index in [1.165, 1.54) is 0 Å². The summed E-state index contributed by atoms with van der Waals surface area (Å²) in [5.41, 5.74) is 4.47. The molecule has 2 aromatic heterocycles. The summed E-state index contributed by atoms with van der Waals surface area (Å²) in [6.07, 6.45) is 3.42. The summed E-state index contributed by atoms with van der Waals surface area (Å²) >= 11 is 0. The average Bonchev–Trinajstić information content (AvgIpc) is 3.07. The van der Waals surface area contributed by atoms with Crippen LogP contribution in [0, 0.1) is 6.92 Å². The summed E-state index contributed by atoms with van der Waals surface area (Å²) in [6.45, 7) is 5.87. The number of carbonyl (C=O) groups excluding carboxylic acids is 1. The summed E-state index contributed by atoms with van der Waals surface area (Å²) < 4.78 is 3.29. The summed E-state index contributed by atoms with van der Waals surface area (Å²) in [6, 6.07) is 17.4. The van der Waals surface area contributed by atoms with E-state index in [1.807, 2.05) is 81.6 Å². The Labute approximate surface area is 174 Å². The van der Waals surface area contributed by atoms with E-state index >= 15 is 0 Å². The Kier molecular flexibility index (Phi) is 5.23. The van der Waals surface area contributed by atoms with E-state index in [2.05, 4.69) is 10.3 Å². The van der Waals surface area contributed by atoms with E-state index in [-0.39, 0.29) is 24.1 Å². The van der Waals surface area contributed by atoms with Crippen molar-refractivity contribution in [2.45, 2.75) is 33.4 Å². The highest BCUT2D eigenvalue weighted by atomic mass is 16.2. The summed E-state index contributed by atoms with van der Waals surface area (Å²) in [5, 5.41) is 2.91. The highest BCUT2D eigenvalue weighted by molar-refractivity contribution is 5.95. The lowest BCUT2D eigenvalue weighted by Crippen LogP contribution is -2.26. The minimum Gasteiger partial charge on any atom is -0.332 e. The van der Waals surface area contributed by atoms with E-state index in [9.17, 15) is 9.59 Å². The standard InChI is InChI=1S/C24H24N4O2/c1-16(2)28-15-25-22-20(18-9-5-4-6-10-18)13-27(23(22)24(28)30)14-21(29)26-19-11-7-8-17(3)12-19/h4-13,15-16H,14H2,1-3H3,(H,26,29). The second kappa shape index (κ2) is 7.99. The second-order valence-electron chi connectivity index (χ2n) is 7.70. The molecule has 2 heterocycles. The highest BCUT2D eigenvalue weighted by Crippen LogP contribution is 2.28. The zero-order chi connectivity index (χ0) is 21.3. The number of hydrogen-bond donors (Lipinski definition) is 1. The van der Waals surface area contributed by atoms with Crippen LogP contribution in [-0.2, 0) is 11.3 Å². The maximum atomic E-state index is 13.2. The monoisotopic (exact) mass is 400 g/mol. The molecule has 0 spiro atoms. The molecule has 1 N–H and O–H groups in total. The molecule has 6 nitrogen and oxygen atoms in total. The zero-order valence-electron chi connectivity index (χ0n) is 17.3. The molecule has 0 aliphatic carbocycles. The number of aromatic nitrogens is 3. The van der Waals surface area contributed by atoms with Crippen molar-refractivity contribution in [1.82, 2.24) is 14.1 Å². The first-order valence-corrected chi connectivity index (χ1v) is 9.96. The predicted molar refractivity (Wildman–Crippen MR) is 120 cm³/mol. The number of nitrogens with zero attached hydrogens (tertiary/aromatic N) is 3. The fourth-order valence-electron chi connectivity index (χ4n) is 3.59. The molecule has 1 amide bonds. The molecular weight excluding hydrogens is 376 g/mol. The molecule has 30 heavy (non-hydrogen) atoms. The number of aryl methyl sites for hydroxylation is 1. The Bertz CT molecular complexity index is 1270. The van der Waals surface area contributed by atoms with Crippen LogP contribution in [0.4, 0.5) is 5.69 Å². The smallest absolute Gasteiger partial charge is 0.278 e. The fourth-order valence-corrected chi connectivity index (χ4v) is 3.59. The van der Waals surface area contributed by atoms with Gasteiger partial charge in [-0.15, -0.1) is 0 Å². The molecule has 6 heteroatoms. The molecule has 0 atom stereocenters. The Morgan fingerprint density at radius 2 is 1.87 bits per heavy atom. The molecule has 4 aromatic rings. The maximum Gasteiger partial charge on any atom is 0.278 e. The van der Waals surface area contributed by atoms with Gasteiger partial charge >= 0.3 is 0 Å². The van der Waals surface area contributed by atoms with Crippen LogP contribution < -0.4 is 10.9 Å². The molecule has 0 radical (unpaired) electrons. The van der Waals surface area contributed by atoms with Gasteiger partial charge in [0.05, 0.1) is 6.33 Å². The summed E-state index contributed by atoms with van der Waals surface area (Å²) in [7, 11) is 0. The SMILES string of the molecule is Cc1cccc(NC(=O)Cn2cc(-c3ccccc3)c3ncn(C(C)C)c(=O)c32)c1. The third kappa shape index (κ3) is 3.76. The number of hydrogen-bond acceptors (Lipinski definition) is 3. The van der Waals surface area contributed by atoms with Crippen molar-refractivity contribution < 1.29 is 4.79 Å². The van der Waals surface area contributed by atoms with Crippen molar-refractivity contribution in [2.24, 2.45) is 0 Å². The quantitative estimate of drug-likeness (QED) is 0.540. The van der Waals surface area contributed by atoms with E-state index in [1.54, 1.807) is 15.5 Å². The summed E-state index contributed by atoms with van der Waals surface area (Å²) in [5.74, 6) is -0.198. The number of carbonyl (C=O) groups is 1. The van der Waals surface area contributed by atoms with E-state index in [0.29, 0.717) is 11.0 Å². The van der Waals surface area contributed by atoms with Crippen LogP contribution in [0.25, 0.3) is 22.2 Å². The maximum absolute atomic E-state index is 13.2. The molecule has 0 aliphatic heterocycles. The van der Waals surface area contributed by atoms with Gasteiger partial charge in [-0.05, 0) is 44.0 Å². The van der Waals surface area contributed by atoms with Crippen molar-refractivity contribution in [1.29, 1.82) is 0 Å². The van der Waals surface area contributed by atoms with Crippen LogP contribution in [0.15, 0.2) is 71.9 Å². The first-order chi connectivity index (χ1) is 14.4. The first kappa shape index (κ1) is 19.6. The van der Waals surface area contributed by atoms with Crippen LogP contribution in [0.3, 0.4) is 0 Å². The van der Waals surface area contributed by atoms with Gasteiger partial charge in [0.15, 0.2) is 0 Å². The molecule has 0 saturated heterocycles. The number of benzene rings is 2. The lowest BCUT2D eigenvalue weighted by molar-refractivity contribution is -0.116. The van der Waals surface area contributed by atoms with Gasteiger partial charge in [-0.3, -0.25) is 14.2 Å². The van der Waals surface area contributed by atoms with Crippen molar-refractivity contribution in [3.8, 4) is 11.1 Å². The van der Waals surface area contributed by atoms with Gasteiger partial charge in [0.1, 0.15) is 17.6 Å². The Morgan fingerprint density at radius 1 is 1.10 bits per heavy atom. The highest BCUT2D eigenvalue weighted by Gasteiger charge is 2.18. The average molecular weight is 400 g/mol. The number of nitrogens with one attached hydrogen (secondary N) is 1. The van der Waals surface area contributed by atoms with Crippen LogP contribution in [0.5, 0.6) is 0 Å². The van der Waals surface area contributed by atoms with Crippen LogP contribution >= 0.6 is 0 Å². The van der Waals surface area contributed by atoms with E-state index in [4.69, 9.17) is 0 Å². The molecule has 0 unspecified atom stereocenters. The molecule has 0 aliphatic rings. The molecule has 4 rings (SSSR count). The molecule has 2 aromatic carbocycles. The van der Waals surface area contributed by atoms with Gasteiger partial charge < -0.3 is 9.88 Å². The van der Waals surface area contributed by atoms with E-state index < -0.39 is 0 Å². The van der Waals surface area contributed by atoms with Gasteiger partial charge in [-0.2, -0.15) is 0 Å². The van der Waals surface area contributed by atoms with Gasteiger partial charge in [0.2, 0.25) is 5.91 Å². The van der Waals surface area contributed by atoms with Crippen LogP contribution in [-0.4, -0.2) is 20.0 Å². The molecular formula is C24H24N4O2. The number of fused-ring (bicyclic) bond motifs is 1. The molecule has 152 valence electrons. The predicted octanol–water partition coefficient (Wildman–Crippen LogP) is 4.39. The Hall–Kier alpha value is -3.67. The molecule has 0 fully saturated rings. The van der Waals surface area contributed by atoms with Crippen molar-refractivity contribution >= 4 is 22.6 Å². The lowest BCUT2D eigenvalue weighted by atomic mass is 10.1. The summed E-state index contributed by atoms with van der Waals surface area (Å²) in [4.78, 5) is 30.5. The molecule has 0 bridgehead atoms. The lowest BCUT2D eigenvalue weighted by Gasteiger charge is -2.11. The zero-order valence-corrected chi connectivity index (χ0v) is 17.3. The van der Waals surface area contributed by atoms with Gasteiger partial charge in [0.25, 0.3) is 5.56 Å². The Morgan fingerprint density at radius 3 is 2.57 bits per heavy atom. The van der Waals surface area contributed by atoms with Crippen molar-refractivity contribution in [3.63, 3.8) is 0 Å². The fraction of sp³-hybridized carbons (Fsp3) is 0.208.